The molecule has 174 valence electrons. The predicted molar refractivity (Wildman–Crippen MR) is 124 cm³/mol. The number of anilines is 2. The summed E-state index contributed by atoms with van der Waals surface area (Å²) in [5.74, 6) is 5.10. The van der Waals surface area contributed by atoms with Crippen molar-refractivity contribution in [2.45, 2.75) is 11.3 Å². The largest absolute Gasteiger partial charge is 0.416 e. The second-order valence-corrected chi connectivity index (χ2v) is 8.35. The zero-order valence-electron chi connectivity index (χ0n) is 16.2. The van der Waals surface area contributed by atoms with Crippen LogP contribution in [0.1, 0.15) is 11.1 Å². The number of nitrogens with one attached hydrogen (secondary N) is 2. The molecule has 0 atom stereocenters. The first-order valence-electron chi connectivity index (χ1n) is 8.79. The van der Waals surface area contributed by atoms with Crippen LogP contribution < -0.4 is 16.6 Å². The van der Waals surface area contributed by atoms with Crippen molar-refractivity contribution in [3.05, 3.63) is 62.6 Å². The highest BCUT2D eigenvalue weighted by molar-refractivity contribution is 7.99. The zero-order valence-corrected chi connectivity index (χ0v) is 19.3. The molecule has 3 aromatic rings. The van der Waals surface area contributed by atoms with Gasteiger partial charge in [0.2, 0.25) is 11.1 Å². The van der Waals surface area contributed by atoms with Crippen LogP contribution in [0.5, 0.6) is 0 Å². The van der Waals surface area contributed by atoms with Crippen LogP contribution in [0.4, 0.5) is 24.8 Å². The molecule has 0 aliphatic rings. The maximum Gasteiger partial charge on any atom is 0.416 e. The Morgan fingerprint density at radius 3 is 2.67 bits per heavy atom. The Morgan fingerprint density at radius 2 is 1.94 bits per heavy atom. The second kappa shape index (κ2) is 10.5. The van der Waals surface area contributed by atoms with Crippen molar-refractivity contribution < 1.29 is 18.0 Å². The Balaban J connectivity index is 1.59. The number of hydrazone groups is 1. The summed E-state index contributed by atoms with van der Waals surface area (Å²) < 4.78 is 39.6. The van der Waals surface area contributed by atoms with E-state index in [1.54, 1.807) is 18.2 Å². The molecule has 0 aliphatic heterocycles. The van der Waals surface area contributed by atoms with E-state index in [4.69, 9.17) is 40.6 Å². The number of rotatable bonds is 7. The van der Waals surface area contributed by atoms with Crippen molar-refractivity contribution in [3.63, 3.8) is 0 Å². The Morgan fingerprint density at radius 1 is 1.18 bits per heavy atom. The molecular formula is C18H13Cl3F3N7OS. The molecule has 2 aromatic carbocycles. The molecule has 0 bridgehead atoms. The highest BCUT2D eigenvalue weighted by Gasteiger charge is 2.31. The Labute approximate surface area is 204 Å². The molecule has 0 fully saturated rings. The predicted octanol–water partition coefficient (Wildman–Crippen LogP) is 5.15. The molecule has 0 spiro atoms. The molecule has 0 unspecified atom stereocenters. The van der Waals surface area contributed by atoms with E-state index in [2.05, 4.69) is 26.0 Å². The maximum atomic E-state index is 12.9. The van der Waals surface area contributed by atoms with Crippen LogP contribution in [0, 0.1) is 0 Å². The quantitative estimate of drug-likeness (QED) is 0.166. The van der Waals surface area contributed by atoms with Gasteiger partial charge in [-0.2, -0.15) is 18.3 Å². The first kappa shape index (κ1) is 25.0. The number of amides is 1. The molecule has 8 nitrogen and oxygen atoms in total. The molecule has 4 N–H and O–H groups in total. The van der Waals surface area contributed by atoms with Crippen LogP contribution in [-0.2, 0) is 11.0 Å². The molecule has 0 aliphatic carbocycles. The van der Waals surface area contributed by atoms with Crippen molar-refractivity contribution in [2.24, 2.45) is 5.10 Å². The normalized spacial score (nSPS) is 11.7. The van der Waals surface area contributed by atoms with Gasteiger partial charge in [0.05, 0.1) is 38.3 Å². The first-order chi connectivity index (χ1) is 15.6. The fourth-order valence-electron chi connectivity index (χ4n) is 2.35. The number of aromatic nitrogens is 3. The molecule has 15 heteroatoms. The van der Waals surface area contributed by atoms with Crippen molar-refractivity contribution in [3.8, 4) is 0 Å². The molecule has 33 heavy (non-hydrogen) atoms. The third kappa shape index (κ3) is 6.44. The smallest absolute Gasteiger partial charge is 0.334 e. The molecular weight excluding hydrogens is 526 g/mol. The number of nitrogens with zero attached hydrogens (tertiary/aromatic N) is 4. The standard InChI is InChI=1S/C18H13Cl3F3N7OS/c19-11-5-4-10(18(22,23)24)6-13(11)27-14(32)8-33-17-30-29-16(31(17)25)28-26-7-9-2-1-3-12(20)15(9)21/h1-7H,8,25H2,(H,27,32)(H,28,29)/b26-7+. The van der Waals surface area contributed by atoms with E-state index in [0.717, 1.165) is 34.6 Å². The summed E-state index contributed by atoms with van der Waals surface area (Å²) in [6.07, 6.45) is -3.17. The number of benzene rings is 2. The van der Waals surface area contributed by atoms with Gasteiger partial charge >= 0.3 is 6.18 Å². The molecule has 1 heterocycles. The van der Waals surface area contributed by atoms with Crippen molar-refractivity contribution >= 4 is 70.3 Å². The van der Waals surface area contributed by atoms with Crippen LogP contribution in [0.3, 0.4) is 0 Å². The van der Waals surface area contributed by atoms with E-state index < -0.39 is 17.6 Å². The van der Waals surface area contributed by atoms with Gasteiger partial charge in [-0.1, -0.05) is 58.7 Å². The van der Waals surface area contributed by atoms with Gasteiger partial charge in [0, 0.05) is 5.56 Å². The van der Waals surface area contributed by atoms with Gasteiger partial charge in [-0.05, 0) is 24.3 Å². The Kier molecular flexibility index (Phi) is 7.95. The maximum absolute atomic E-state index is 12.9. The number of nitrogens with two attached hydrogens (primary N) is 1. The fourth-order valence-corrected chi connectivity index (χ4v) is 3.52. The number of nitrogen functional groups attached to an aromatic ring is 1. The van der Waals surface area contributed by atoms with Crippen LogP contribution in [0.15, 0.2) is 46.7 Å². The number of alkyl halides is 3. The van der Waals surface area contributed by atoms with Gasteiger partial charge in [0.1, 0.15) is 0 Å². The average molecular weight is 539 g/mol. The van der Waals surface area contributed by atoms with E-state index in [-0.39, 0.29) is 27.6 Å². The van der Waals surface area contributed by atoms with Gasteiger partial charge in [-0.3, -0.25) is 4.79 Å². The van der Waals surface area contributed by atoms with Crippen LogP contribution in [-0.4, -0.2) is 32.7 Å². The molecule has 0 saturated heterocycles. The minimum atomic E-state index is -4.57. The number of thioether (sulfide) groups is 1. The molecule has 3 rings (SSSR count). The lowest BCUT2D eigenvalue weighted by atomic mass is 10.2. The summed E-state index contributed by atoms with van der Waals surface area (Å²) in [6.45, 7) is 0. The topological polar surface area (TPSA) is 110 Å². The number of hydrogen-bond acceptors (Lipinski definition) is 7. The molecule has 1 amide bonds. The molecule has 0 saturated carbocycles. The number of carbonyl (C=O) groups excluding carboxylic acids is 1. The second-order valence-electron chi connectivity index (χ2n) is 6.22. The lowest BCUT2D eigenvalue weighted by Gasteiger charge is -2.11. The summed E-state index contributed by atoms with van der Waals surface area (Å²) >= 11 is 18.8. The van der Waals surface area contributed by atoms with E-state index >= 15 is 0 Å². The minimum Gasteiger partial charge on any atom is -0.334 e. The Bertz CT molecular complexity index is 1200. The van der Waals surface area contributed by atoms with Crippen molar-refractivity contribution in [1.82, 2.24) is 14.9 Å². The third-order valence-electron chi connectivity index (χ3n) is 3.91. The van der Waals surface area contributed by atoms with Crippen LogP contribution >= 0.6 is 46.6 Å². The summed E-state index contributed by atoms with van der Waals surface area (Å²) in [6, 6.07) is 7.66. The highest BCUT2D eigenvalue weighted by Crippen LogP contribution is 2.34. The minimum absolute atomic E-state index is 0.0347. The van der Waals surface area contributed by atoms with Gasteiger partial charge in [-0.25, -0.2) is 10.1 Å². The van der Waals surface area contributed by atoms with Crippen molar-refractivity contribution in [2.75, 3.05) is 22.3 Å². The van der Waals surface area contributed by atoms with Crippen molar-refractivity contribution in [1.29, 1.82) is 0 Å². The number of carbonyl (C=O) groups is 1. The fraction of sp³-hybridized carbons (Fsp3) is 0.111. The average Bonchev–Trinajstić information content (AvgIpc) is 3.10. The summed E-state index contributed by atoms with van der Waals surface area (Å²) in [4.78, 5) is 12.2. The lowest BCUT2D eigenvalue weighted by Crippen LogP contribution is -2.17. The van der Waals surface area contributed by atoms with E-state index in [0.29, 0.717) is 15.6 Å². The van der Waals surface area contributed by atoms with E-state index in [1.807, 2.05) is 0 Å². The monoisotopic (exact) mass is 537 g/mol. The molecule has 1 aromatic heterocycles. The lowest BCUT2D eigenvalue weighted by molar-refractivity contribution is -0.137. The molecule has 0 radical (unpaired) electrons. The van der Waals surface area contributed by atoms with Gasteiger partial charge in [0.15, 0.2) is 0 Å². The van der Waals surface area contributed by atoms with Crippen LogP contribution in [0.25, 0.3) is 0 Å². The third-order valence-corrected chi connectivity index (χ3v) is 6.02. The van der Waals surface area contributed by atoms with Crippen LogP contribution in [0.2, 0.25) is 15.1 Å². The summed E-state index contributed by atoms with van der Waals surface area (Å²) in [5, 5.41) is 14.7. The number of halogens is 6. The van der Waals surface area contributed by atoms with Gasteiger partial charge in [-0.15, -0.1) is 10.2 Å². The van der Waals surface area contributed by atoms with E-state index in [9.17, 15) is 18.0 Å². The van der Waals surface area contributed by atoms with Gasteiger partial charge < -0.3 is 11.2 Å². The van der Waals surface area contributed by atoms with Gasteiger partial charge in [0.25, 0.3) is 5.95 Å². The first-order valence-corrected chi connectivity index (χ1v) is 10.9. The number of hydrogen-bond donors (Lipinski definition) is 3. The highest BCUT2D eigenvalue weighted by atomic mass is 35.5. The zero-order chi connectivity index (χ0) is 24.2. The Hall–Kier alpha value is -2.67. The SMILES string of the molecule is Nn1c(N/N=C/c2cccc(Cl)c2Cl)nnc1SCC(=O)Nc1cc(C(F)(F)F)ccc1Cl. The summed E-state index contributed by atoms with van der Waals surface area (Å²) in [5.41, 5.74) is 2.03. The summed E-state index contributed by atoms with van der Waals surface area (Å²) in [7, 11) is 0. The van der Waals surface area contributed by atoms with E-state index in [1.165, 1.54) is 6.21 Å².